The average Bonchev–Trinajstić information content (AvgIpc) is 3.05. The summed E-state index contributed by atoms with van der Waals surface area (Å²) < 4.78 is 7.74. The minimum Gasteiger partial charge on any atom is -0.378 e. The van der Waals surface area contributed by atoms with Gasteiger partial charge < -0.3 is 14.6 Å². The van der Waals surface area contributed by atoms with Crippen LogP contribution in [0.5, 0.6) is 0 Å². The van der Waals surface area contributed by atoms with Gasteiger partial charge in [-0.15, -0.1) is 0 Å². The van der Waals surface area contributed by atoms with Gasteiger partial charge in [-0.1, -0.05) is 0 Å². The van der Waals surface area contributed by atoms with Gasteiger partial charge >= 0.3 is 0 Å². The Bertz CT molecular complexity index is 294. The molecule has 0 amide bonds. The van der Waals surface area contributed by atoms with Crippen molar-refractivity contribution in [3.63, 3.8) is 0 Å². The smallest absolute Gasteiger partial charge is 0.0945 e. The van der Waals surface area contributed by atoms with Crippen molar-refractivity contribution < 1.29 is 4.74 Å². The summed E-state index contributed by atoms with van der Waals surface area (Å²) in [4.78, 5) is 4.03. The van der Waals surface area contributed by atoms with Gasteiger partial charge in [0, 0.05) is 25.5 Å². The molecule has 1 aromatic heterocycles. The number of hydrogen-bond acceptors (Lipinski definition) is 3. The van der Waals surface area contributed by atoms with Crippen molar-refractivity contribution in [2.24, 2.45) is 0 Å². The van der Waals surface area contributed by atoms with Gasteiger partial charge in [-0.3, -0.25) is 0 Å². The molecule has 0 saturated carbocycles. The SMILES string of the molecule is c1cn(CCCCNCCCC2CCCO2)cn1. The predicted molar refractivity (Wildman–Crippen MR) is 72.5 cm³/mol. The Labute approximate surface area is 110 Å². The number of hydrogen-bond donors (Lipinski definition) is 1. The fraction of sp³-hybridized carbons (Fsp3) is 0.786. The van der Waals surface area contributed by atoms with Crippen LogP contribution in [0.3, 0.4) is 0 Å². The van der Waals surface area contributed by atoms with E-state index in [2.05, 4.69) is 14.9 Å². The monoisotopic (exact) mass is 251 g/mol. The molecule has 1 unspecified atom stereocenters. The molecule has 1 atom stereocenters. The standard InChI is InChI=1S/C14H25N3O/c1(2-10-17-11-9-16-13-17)7-15-8-3-5-14-6-4-12-18-14/h9,11,13-15H,1-8,10,12H2. The molecule has 4 heteroatoms. The fourth-order valence-electron chi connectivity index (χ4n) is 2.42. The van der Waals surface area contributed by atoms with Crippen molar-refractivity contribution in [1.82, 2.24) is 14.9 Å². The summed E-state index contributed by atoms with van der Waals surface area (Å²) in [5, 5.41) is 3.51. The Hall–Kier alpha value is -0.870. The molecular weight excluding hydrogens is 226 g/mol. The molecule has 1 fully saturated rings. The van der Waals surface area contributed by atoms with Crippen LogP contribution in [0.2, 0.25) is 0 Å². The molecule has 1 saturated heterocycles. The summed E-state index contributed by atoms with van der Waals surface area (Å²) in [7, 11) is 0. The van der Waals surface area contributed by atoms with Gasteiger partial charge in [-0.25, -0.2) is 4.98 Å². The number of rotatable bonds is 9. The zero-order valence-corrected chi connectivity index (χ0v) is 11.2. The molecule has 0 radical (unpaired) electrons. The van der Waals surface area contributed by atoms with Crippen LogP contribution in [0.15, 0.2) is 18.7 Å². The van der Waals surface area contributed by atoms with E-state index in [9.17, 15) is 0 Å². The van der Waals surface area contributed by atoms with E-state index in [1.165, 1.54) is 38.5 Å². The zero-order valence-electron chi connectivity index (χ0n) is 11.2. The van der Waals surface area contributed by atoms with Gasteiger partial charge in [0.2, 0.25) is 0 Å². The lowest BCUT2D eigenvalue weighted by molar-refractivity contribution is 0.102. The topological polar surface area (TPSA) is 39.1 Å². The van der Waals surface area contributed by atoms with Crippen molar-refractivity contribution in [2.75, 3.05) is 19.7 Å². The molecule has 1 aliphatic rings. The Kier molecular flexibility index (Phi) is 6.23. The molecule has 0 spiro atoms. The number of aryl methyl sites for hydroxylation is 1. The number of nitrogens with one attached hydrogen (secondary N) is 1. The first kappa shape index (κ1) is 13.6. The van der Waals surface area contributed by atoms with Crippen LogP contribution in [0.25, 0.3) is 0 Å². The highest BCUT2D eigenvalue weighted by atomic mass is 16.5. The third-order valence-electron chi connectivity index (χ3n) is 3.48. The third-order valence-corrected chi connectivity index (χ3v) is 3.48. The first-order valence-corrected chi connectivity index (χ1v) is 7.23. The summed E-state index contributed by atoms with van der Waals surface area (Å²) >= 11 is 0. The Balaban J connectivity index is 1.35. The van der Waals surface area contributed by atoms with E-state index in [1.807, 2.05) is 18.7 Å². The molecular formula is C14H25N3O. The van der Waals surface area contributed by atoms with Gasteiger partial charge in [0.1, 0.15) is 0 Å². The van der Waals surface area contributed by atoms with Crippen LogP contribution in [0, 0.1) is 0 Å². The Morgan fingerprint density at radius 1 is 1.28 bits per heavy atom. The quantitative estimate of drug-likeness (QED) is 0.684. The molecule has 2 heterocycles. The molecule has 0 aromatic carbocycles. The lowest BCUT2D eigenvalue weighted by Gasteiger charge is -2.09. The van der Waals surface area contributed by atoms with E-state index in [4.69, 9.17) is 4.74 Å². The van der Waals surface area contributed by atoms with Crippen molar-refractivity contribution in [3.8, 4) is 0 Å². The van der Waals surface area contributed by atoms with Gasteiger partial charge in [0.25, 0.3) is 0 Å². The number of imidazole rings is 1. The van der Waals surface area contributed by atoms with E-state index in [1.54, 1.807) is 0 Å². The molecule has 2 rings (SSSR count). The molecule has 1 N–H and O–H groups in total. The van der Waals surface area contributed by atoms with Crippen molar-refractivity contribution in [3.05, 3.63) is 18.7 Å². The normalized spacial score (nSPS) is 19.4. The first-order valence-electron chi connectivity index (χ1n) is 7.23. The molecule has 1 aliphatic heterocycles. The fourth-order valence-corrected chi connectivity index (χ4v) is 2.42. The highest BCUT2D eigenvalue weighted by Crippen LogP contribution is 2.16. The summed E-state index contributed by atoms with van der Waals surface area (Å²) in [6.07, 6.45) is 13.7. The zero-order chi connectivity index (χ0) is 12.5. The average molecular weight is 251 g/mol. The highest BCUT2D eigenvalue weighted by molar-refractivity contribution is 4.73. The van der Waals surface area contributed by atoms with Crippen LogP contribution >= 0.6 is 0 Å². The predicted octanol–water partition coefficient (Wildman–Crippen LogP) is 2.21. The van der Waals surface area contributed by atoms with Crippen molar-refractivity contribution in [2.45, 2.75) is 51.2 Å². The van der Waals surface area contributed by atoms with Crippen LogP contribution in [0.4, 0.5) is 0 Å². The van der Waals surface area contributed by atoms with Gasteiger partial charge in [-0.05, 0) is 51.6 Å². The maximum absolute atomic E-state index is 5.60. The summed E-state index contributed by atoms with van der Waals surface area (Å²) in [5.74, 6) is 0. The minimum absolute atomic E-state index is 0.549. The Morgan fingerprint density at radius 2 is 2.22 bits per heavy atom. The second-order valence-electron chi connectivity index (χ2n) is 5.03. The molecule has 4 nitrogen and oxygen atoms in total. The van der Waals surface area contributed by atoms with E-state index in [-0.39, 0.29) is 0 Å². The number of ether oxygens (including phenoxy) is 1. The van der Waals surface area contributed by atoms with E-state index >= 15 is 0 Å². The van der Waals surface area contributed by atoms with Crippen LogP contribution in [0.1, 0.15) is 38.5 Å². The van der Waals surface area contributed by atoms with Gasteiger partial charge in [-0.2, -0.15) is 0 Å². The van der Waals surface area contributed by atoms with E-state index < -0.39 is 0 Å². The van der Waals surface area contributed by atoms with Gasteiger partial charge in [0.15, 0.2) is 0 Å². The summed E-state index contributed by atoms with van der Waals surface area (Å²) in [5.41, 5.74) is 0. The second-order valence-corrected chi connectivity index (χ2v) is 5.03. The largest absolute Gasteiger partial charge is 0.378 e. The first-order chi connectivity index (χ1) is 8.95. The lowest BCUT2D eigenvalue weighted by atomic mass is 10.1. The minimum atomic E-state index is 0.549. The second kappa shape index (κ2) is 8.27. The van der Waals surface area contributed by atoms with Crippen molar-refractivity contribution in [1.29, 1.82) is 0 Å². The maximum Gasteiger partial charge on any atom is 0.0945 e. The molecule has 102 valence electrons. The summed E-state index contributed by atoms with van der Waals surface area (Å²) in [6, 6.07) is 0. The highest BCUT2D eigenvalue weighted by Gasteiger charge is 2.13. The number of nitrogens with zero attached hydrogens (tertiary/aromatic N) is 2. The molecule has 0 aliphatic carbocycles. The van der Waals surface area contributed by atoms with Crippen molar-refractivity contribution >= 4 is 0 Å². The Morgan fingerprint density at radius 3 is 3.00 bits per heavy atom. The van der Waals surface area contributed by atoms with E-state index in [0.29, 0.717) is 6.10 Å². The molecule has 1 aromatic rings. The van der Waals surface area contributed by atoms with Gasteiger partial charge in [0.05, 0.1) is 12.4 Å². The maximum atomic E-state index is 5.60. The molecule has 18 heavy (non-hydrogen) atoms. The molecule has 0 bridgehead atoms. The van der Waals surface area contributed by atoms with E-state index in [0.717, 1.165) is 26.2 Å². The number of unbranched alkanes of at least 4 members (excludes halogenated alkanes) is 1. The lowest BCUT2D eigenvalue weighted by Crippen LogP contribution is -2.18. The third kappa shape index (κ3) is 5.19. The van der Waals surface area contributed by atoms with Crippen LogP contribution < -0.4 is 5.32 Å². The van der Waals surface area contributed by atoms with Crippen LogP contribution in [-0.2, 0) is 11.3 Å². The number of aromatic nitrogens is 2. The summed E-state index contributed by atoms with van der Waals surface area (Å²) in [6.45, 7) is 4.31. The van der Waals surface area contributed by atoms with Crippen LogP contribution in [-0.4, -0.2) is 35.4 Å².